The van der Waals surface area contributed by atoms with E-state index in [1.807, 2.05) is 27.7 Å². The zero-order valence-electron chi connectivity index (χ0n) is 17.1. The maximum Gasteiger partial charge on any atom is 0.358 e. The van der Waals surface area contributed by atoms with Crippen molar-refractivity contribution in [1.82, 2.24) is 14.5 Å². The third kappa shape index (κ3) is 3.85. The van der Waals surface area contributed by atoms with E-state index in [9.17, 15) is 9.59 Å². The number of methoxy groups -OCH3 is 1. The minimum atomic E-state index is -0.557. The van der Waals surface area contributed by atoms with Crippen LogP contribution in [0, 0.1) is 6.92 Å². The molecule has 0 N–H and O–H groups in total. The third-order valence-electron chi connectivity index (χ3n) is 4.54. The second-order valence-electron chi connectivity index (χ2n) is 7.95. The van der Waals surface area contributed by atoms with Crippen LogP contribution in [0.4, 0.5) is 5.82 Å². The first-order chi connectivity index (χ1) is 13.1. The van der Waals surface area contributed by atoms with Crippen LogP contribution in [-0.4, -0.2) is 45.7 Å². The minimum absolute atomic E-state index is 0.113. The normalized spacial score (nSPS) is 16.5. The fourth-order valence-corrected chi connectivity index (χ4v) is 3.44. The standard InChI is InChI=1S/C20H26N4O4/c1-12-10-23(11-15-17(19(26)27-6)22-13(2)24(12)15)16-8-7-14(9-21-16)18(25)28-20(3,4)5/h7-9,12H,10-11H2,1-6H3/t12-/m0/s1. The van der Waals surface area contributed by atoms with Crippen molar-refractivity contribution in [2.75, 3.05) is 18.6 Å². The van der Waals surface area contributed by atoms with Crippen molar-refractivity contribution < 1.29 is 19.1 Å². The smallest absolute Gasteiger partial charge is 0.358 e. The molecule has 1 aliphatic rings. The van der Waals surface area contributed by atoms with E-state index in [0.717, 1.165) is 17.3 Å². The average molecular weight is 386 g/mol. The quantitative estimate of drug-likeness (QED) is 0.750. The molecule has 2 aromatic rings. The topological polar surface area (TPSA) is 86.6 Å². The molecule has 1 atom stereocenters. The van der Waals surface area contributed by atoms with Crippen molar-refractivity contribution in [3.05, 3.63) is 41.1 Å². The Morgan fingerprint density at radius 1 is 1.21 bits per heavy atom. The zero-order valence-corrected chi connectivity index (χ0v) is 17.1. The SMILES string of the molecule is COC(=O)c1nc(C)n2c1CN(c1ccc(C(=O)OC(C)(C)C)cn1)C[C@@H]2C. The highest BCUT2D eigenvalue weighted by molar-refractivity contribution is 5.90. The van der Waals surface area contributed by atoms with Crippen LogP contribution in [0.5, 0.6) is 0 Å². The van der Waals surface area contributed by atoms with Crippen LogP contribution in [0.3, 0.4) is 0 Å². The molecule has 0 saturated carbocycles. The number of imidazole rings is 1. The third-order valence-corrected chi connectivity index (χ3v) is 4.54. The first-order valence-electron chi connectivity index (χ1n) is 9.21. The van der Waals surface area contributed by atoms with Gasteiger partial charge in [0.25, 0.3) is 0 Å². The number of pyridine rings is 1. The predicted octanol–water partition coefficient (Wildman–Crippen LogP) is 2.91. The average Bonchev–Trinajstić information content (AvgIpc) is 2.97. The number of hydrogen-bond acceptors (Lipinski definition) is 7. The van der Waals surface area contributed by atoms with E-state index >= 15 is 0 Å². The molecule has 0 aromatic carbocycles. The molecule has 0 fully saturated rings. The molecule has 0 aliphatic carbocycles. The first kappa shape index (κ1) is 19.9. The number of hydrogen-bond donors (Lipinski definition) is 0. The van der Waals surface area contributed by atoms with E-state index in [1.54, 1.807) is 12.1 Å². The van der Waals surface area contributed by atoms with Crippen LogP contribution >= 0.6 is 0 Å². The van der Waals surface area contributed by atoms with Gasteiger partial charge in [0.2, 0.25) is 0 Å². The van der Waals surface area contributed by atoms with E-state index in [1.165, 1.54) is 13.3 Å². The maximum absolute atomic E-state index is 12.2. The molecule has 3 heterocycles. The number of rotatable bonds is 3. The molecular weight excluding hydrogens is 360 g/mol. The number of aryl methyl sites for hydroxylation is 1. The molecule has 8 nitrogen and oxygen atoms in total. The Morgan fingerprint density at radius 2 is 1.93 bits per heavy atom. The zero-order chi connectivity index (χ0) is 20.6. The summed E-state index contributed by atoms with van der Waals surface area (Å²) in [5, 5.41) is 0. The van der Waals surface area contributed by atoms with E-state index < -0.39 is 17.5 Å². The van der Waals surface area contributed by atoms with Gasteiger partial charge in [0, 0.05) is 18.8 Å². The van der Waals surface area contributed by atoms with Gasteiger partial charge in [-0.1, -0.05) is 0 Å². The van der Waals surface area contributed by atoms with Gasteiger partial charge in [-0.2, -0.15) is 0 Å². The van der Waals surface area contributed by atoms with Crippen molar-refractivity contribution in [1.29, 1.82) is 0 Å². The van der Waals surface area contributed by atoms with Gasteiger partial charge >= 0.3 is 11.9 Å². The fraction of sp³-hybridized carbons (Fsp3) is 0.500. The van der Waals surface area contributed by atoms with Crippen LogP contribution in [0.15, 0.2) is 18.3 Å². The Hall–Kier alpha value is -2.90. The van der Waals surface area contributed by atoms with E-state index in [2.05, 4.69) is 26.4 Å². The summed E-state index contributed by atoms with van der Waals surface area (Å²) in [6.07, 6.45) is 1.52. The summed E-state index contributed by atoms with van der Waals surface area (Å²) >= 11 is 0. The monoisotopic (exact) mass is 386 g/mol. The molecule has 0 amide bonds. The molecule has 150 valence electrons. The lowest BCUT2D eigenvalue weighted by Gasteiger charge is -2.34. The number of esters is 2. The van der Waals surface area contributed by atoms with E-state index in [4.69, 9.17) is 9.47 Å². The van der Waals surface area contributed by atoms with Crippen LogP contribution < -0.4 is 4.90 Å². The largest absolute Gasteiger partial charge is 0.464 e. The highest BCUT2D eigenvalue weighted by Gasteiger charge is 2.31. The van der Waals surface area contributed by atoms with Crippen LogP contribution in [-0.2, 0) is 16.0 Å². The van der Waals surface area contributed by atoms with Gasteiger partial charge < -0.3 is 18.9 Å². The summed E-state index contributed by atoms with van der Waals surface area (Å²) in [6, 6.07) is 3.62. The number of fused-ring (bicyclic) bond motifs is 1. The summed E-state index contributed by atoms with van der Waals surface area (Å²) in [5.41, 5.74) is 0.987. The molecule has 0 saturated heterocycles. The molecule has 0 bridgehead atoms. The van der Waals surface area contributed by atoms with Crippen LogP contribution in [0.2, 0.25) is 0 Å². The summed E-state index contributed by atoms with van der Waals surface area (Å²) in [6.45, 7) is 10.6. The van der Waals surface area contributed by atoms with Crippen LogP contribution in [0.1, 0.15) is 66.1 Å². The molecule has 2 aromatic heterocycles. The Balaban J connectivity index is 1.85. The highest BCUT2D eigenvalue weighted by Crippen LogP contribution is 2.29. The van der Waals surface area contributed by atoms with E-state index in [-0.39, 0.29) is 6.04 Å². The highest BCUT2D eigenvalue weighted by atomic mass is 16.6. The van der Waals surface area contributed by atoms with Crippen molar-refractivity contribution in [2.24, 2.45) is 0 Å². The number of nitrogens with zero attached hydrogens (tertiary/aromatic N) is 4. The van der Waals surface area contributed by atoms with E-state index in [0.29, 0.717) is 24.3 Å². The molecule has 0 spiro atoms. The second-order valence-corrected chi connectivity index (χ2v) is 7.95. The lowest BCUT2D eigenvalue weighted by atomic mass is 10.1. The summed E-state index contributed by atoms with van der Waals surface area (Å²) < 4.78 is 12.3. The van der Waals surface area contributed by atoms with Crippen molar-refractivity contribution >= 4 is 17.8 Å². The van der Waals surface area contributed by atoms with Gasteiger partial charge in [0.1, 0.15) is 17.2 Å². The van der Waals surface area contributed by atoms with Crippen LogP contribution in [0.25, 0.3) is 0 Å². The summed E-state index contributed by atoms with van der Waals surface area (Å²) in [4.78, 5) is 35.2. The number of anilines is 1. The lowest BCUT2D eigenvalue weighted by Crippen LogP contribution is -2.37. The Morgan fingerprint density at radius 3 is 2.50 bits per heavy atom. The Labute approximate surface area is 164 Å². The van der Waals surface area contributed by atoms with Gasteiger partial charge in [-0.05, 0) is 46.8 Å². The maximum atomic E-state index is 12.2. The van der Waals surface area contributed by atoms with Gasteiger partial charge in [0.05, 0.1) is 24.9 Å². The fourth-order valence-electron chi connectivity index (χ4n) is 3.44. The molecular formula is C20H26N4O4. The van der Waals surface area contributed by atoms with Crippen molar-refractivity contribution in [3.8, 4) is 0 Å². The summed E-state index contributed by atoms with van der Waals surface area (Å²) in [7, 11) is 1.35. The molecule has 0 radical (unpaired) electrons. The minimum Gasteiger partial charge on any atom is -0.464 e. The van der Waals surface area contributed by atoms with Gasteiger partial charge in [-0.15, -0.1) is 0 Å². The molecule has 28 heavy (non-hydrogen) atoms. The molecule has 3 rings (SSSR count). The number of ether oxygens (including phenoxy) is 2. The van der Waals surface area contributed by atoms with Crippen molar-refractivity contribution in [2.45, 2.75) is 52.8 Å². The Bertz CT molecular complexity index is 896. The van der Waals surface area contributed by atoms with Gasteiger partial charge in [0.15, 0.2) is 5.69 Å². The lowest BCUT2D eigenvalue weighted by molar-refractivity contribution is 0.00689. The van der Waals surface area contributed by atoms with Crippen molar-refractivity contribution in [3.63, 3.8) is 0 Å². The number of carbonyl (C=O) groups is 2. The molecule has 1 aliphatic heterocycles. The first-order valence-corrected chi connectivity index (χ1v) is 9.21. The predicted molar refractivity (Wildman–Crippen MR) is 103 cm³/mol. The molecule has 8 heteroatoms. The van der Waals surface area contributed by atoms with Gasteiger partial charge in [-0.25, -0.2) is 19.6 Å². The second kappa shape index (κ2) is 7.26. The van der Waals surface area contributed by atoms with Gasteiger partial charge in [-0.3, -0.25) is 0 Å². The summed E-state index contributed by atoms with van der Waals surface area (Å²) in [5.74, 6) is 0.662. The number of aromatic nitrogens is 3. The molecule has 0 unspecified atom stereocenters. The Kier molecular flexibility index (Phi) is 5.14. The number of carbonyl (C=O) groups excluding carboxylic acids is 2.